The molecule has 6 heteroatoms. The monoisotopic (exact) mass is 297 g/mol. The predicted octanol–water partition coefficient (Wildman–Crippen LogP) is 1.01. The van der Waals surface area contributed by atoms with Gasteiger partial charge in [0.15, 0.2) is 0 Å². The first-order valence-electron chi connectivity index (χ1n) is 7.14. The van der Waals surface area contributed by atoms with Crippen LogP contribution in [0, 0.1) is 5.92 Å². The number of rotatable bonds is 5. The van der Waals surface area contributed by atoms with Crippen LogP contribution < -0.4 is 5.73 Å². The second-order valence-electron chi connectivity index (χ2n) is 5.42. The lowest BCUT2D eigenvalue weighted by Crippen LogP contribution is -2.52. The fraction of sp³-hybridized carbons (Fsp3) is 0.643. The van der Waals surface area contributed by atoms with Crippen molar-refractivity contribution in [2.45, 2.75) is 32.2 Å². The summed E-state index contributed by atoms with van der Waals surface area (Å²) in [5.74, 6) is 0.436. The molecule has 0 radical (unpaired) electrons. The molecule has 0 aliphatic carbocycles. The standard InChI is InChI=1S/C14H23N3O2S/c1-12-5-4-9-17(14(12)11-15)20(18,19)10-7-13-6-2-3-8-16-13/h2-3,6,8,12,14H,4-5,7,9-11,15H2,1H3. The molecule has 20 heavy (non-hydrogen) atoms. The number of hydrogen-bond donors (Lipinski definition) is 1. The van der Waals surface area contributed by atoms with Crippen molar-refractivity contribution in [2.24, 2.45) is 11.7 Å². The van der Waals surface area contributed by atoms with Crippen molar-refractivity contribution in [3.8, 4) is 0 Å². The second kappa shape index (κ2) is 6.65. The van der Waals surface area contributed by atoms with Crippen LogP contribution in [0.25, 0.3) is 0 Å². The van der Waals surface area contributed by atoms with Gasteiger partial charge < -0.3 is 5.73 Å². The summed E-state index contributed by atoms with van der Waals surface area (Å²) in [6.45, 7) is 3.07. The largest absolute Gasteiger partial charge is 0.329 e. The molecular formula is C14H23N3O2S. The summed E-state index contributed by atoms with van der Waals surface area (Å²) in [5, 5.41) is 0. The van der Waals surface area contributed by atoms with Gasteiger partial charge in [0.1, 0.15) is 0 Å². The Balaban J connectivity index is 2.05. The van der Waals surface area contributed by atoms with E-state index < -0.39 is 10.0 Å². The van der Waals surface area contributed by atoms with E-state index in [1.54, 1.807) is 10.5 Å². The zero-order valence-electron chi connectivity index (χ0n) is 11.9. The average Bonchev–Trinajstić information content (AvgIpc) is 2.46. The highest BCUT2D eigenvalue weighted by Gasteiger charge is 2.35. The Bertz CT molecular complexity index is 518. The van der Waals surface area contributed by atoms with Gasteiger partial charge in [0.25, 0.3) is 0 Å². The highest BCUT2D eigenvalue weighted by Crippen LogP contribution is 2.25. The van der Waals surface area contributed by atoms with Gasteiger partial charge in [-0.05, 0) is 30.9 Å². The van der Waals surface area contributed by atoms with Crippen molar-refractivity contribution in [3.63, 3.8) is 0 Å². The minimum absolute atomic E-state index is 0.0579. The van der Waals surface area contributed by atoms with Crippen LogP contribution in [-0.4, -0.2) is 42.6 Å². The van der Waals surface area contributed by atoms with E-state index >= 15 is 0 Å². The Kier molecular flexibility index (Phi) is 5.12. The van der Waals surface area contributed by atoms with Gasteiger partial charge >= 0.3 is 0 Å². The fourth-order valence-electron chi connectivity index (χ4n) is 2.80. The molecular weight excluding hydrogens is 274 g/mol. The van der Waals surface area contributed by atoms with Crippen LogP contribution >= 0.6 is 0 Å². The minimum atomic E-state index is -3.26. The van der Waals surface area contributed by atoms with E-state index in [1.807, 2.05) is 18.2 Å². The molecule has 1 aromatic rings. The minimum Gasteiger partial charge on any atom is -0.329 e. The molecule has 2 atom stereocenters. The van der Waals surface area contributed by atoms with Crippen LogP contribution in [0.3, 0.4) is 0 Å². The van der Waals surface area contributed by atoms with Crippen molar-refractivity contribution in [3.05, 3.63) is 30.1 Å². The number of nitrogens with zero attached hydrogens (tertiary/aromatic N) is 2. The third-order valence-electron chi connectivity index (χ3n) is 4.01. The normalized spacial score (nSPS) is 24.7. The van der Waals surface area contributed by atoms with Gasteiger partial charge in [-0.25, -0.2) is 8.42 Å². The van der Waals surface area contributed by atoms with E-state index in [4.69, 9.17) is 5.73 Å². The summed E-state index contributed by atoms with van der Waals surface area (Å²) < 4.78 is 26.6. The number of sulfonamides is 1. The van der Waals surface area contributed by atoms with Crippen molar-refractivity contribution in [2.75, 3.05) is 18.8 Å². The third kappa shape index (κ3) is 3.56. The number of hydrogen-bond acceptors (Lipinski definition) is 4. The van der Waals surface area contributed by atoms with Crippen LogP contribution in [0.4, 0.5) is 0 Å². The third-order valence-corrected chi connectivity index (χ3v) is 5.89. The van der Waals surface area contributed by atoms with Crippen LogP contribution in [-0.2, 0) is 16.4 Å². The first-order valence-corrected chi connectivity index (χ1v) is 8.75. The van der Waals surface area contributed by atoms with Crippen LogP contribution in [0.2, 0.25) is 0 Å². The van der Waals surface area contributed by atoms with Gasteiger partial charge in [-0.3, -0.25) is 4.98 Å². The van der Waals surface area contributed by atoms with Crippen LogP contribution in [0.15, 0.2) is 24.4 Å². The number of aryl methyl sites for hydroxylation is 1. The molecule has 2 unspecified atom stereocenters. The second-order valence-corrected chi connectivity index (χ2v) is 7.46. The van der Waals surface area contributed by atoms with Gasteiger partial charge in [0.05, 0.1) is 5.75 Å². The molecule has 5 nitrogen and oxygen atoms in total. The van der Waals surface area contributed by atoms with E-state index in [0.717, 1.165) is 18.5 Å². The van der Waals surface area contributed by atoms with Crippen LogP contribution in [0.5, 0.6) is 0 Å². The Hall–Kier alpha value is -0.980. The highest BCUT2D eigenvalue weighted by molar-refractivity contribution is 7.89. The molecule has 0 aromatic carbocycles. The van der Waals surface area contributed by atoms with Gasteiger partial charge in [-0.15, -0.1) is 0 Å². The van der Waals surface area contributed by atoms with Crippen LogP contribution in [0.1, 0.15) is 25.5 Å². The smallest absolute Gasteiger partial charge is 0.214 e. The lowest BCUT2D eigenvalue weighted by molar-refractivity contribution is 0.192. The Morgan fingerprint density at radius 2 is 2.25 bits per heavy atom. The van der Waals surface area contributed by atoms with Gasteiger partial charge in [-0.1, -0.05) is 13.0 Å². The molecule has 2 rings (SSSR count). The van der Waals surface area contributed by atoms with Gasteiger partial charge in [0, 0.05) is 37.4 Å². The van der Waals surface area contributed by atoms with E-state index in [2.05, 4.69) is 11.9 Å². The molecule has 1 aliphatic heterocycles. The molecule has 1 saturated heterocycles. The quantitative estimate of drug-likeness (QED) is 0.880. The molecule has 2 heterocycles. The molecule has 0 bridgehead atoms. The zero-order valence-corrected chi connectivity index (χ0v) is 12.7. The maximum atomic E-state index is 12.5. The number of aromatic nitrogens is 1. The van der Waals surface area contributed by atoms with E-state index in [-0.39, 0.29) is 11.8 Å². The van der Waals surface area contributed by atoms with E-state index in [0.29, 0.717) is 25.4 Å². The maximum absolute atomic E-state index is 12.5. The highest BCUT2D eigenvalue weighted by atomic mass is 32.2. The SMILES string of the molecule is CC1CCCN(S(=O)(=O)CCc2ccccn2)C1CN. The summed E-state index contributed by atoms with van der Waals surface area (Å²) >= 11 is 0. The van der Waals surface area contributed by atoms with Crippen molar-refractivity contribution >= 4 is 10.0 Å². The summed E-state index contributed by atoms with van der Waals surface area (Å²) in [4.78, 5) is 4.17. The topological polar surface area (TPSA) is 76.3 Å². The number of nitrogens with two attached hydrogens (primary N) is 1. The Morgan fingerprint density at radius 3 is 2.90 bits per heavy atom. The Morgan fingerprint density at radius 1 is 1.45 bits per heavy atom. The number of pyridine rings is 1. The fourth-order valence-corrected chi connectivity index (χ4v) is 4.62. The van der Waals surface area contributed by atoms with Crippen molar-refractivity contribution in [1.82, 2.24) is 9.29 Å². The van der Waals surface area contributed by atoms with E-state index in [1.165, 1.54) is 0 Å². The molecule has 0 saturated carbocycles. The molecule has 0 amide bonds. The molecule has 0 spiro atoms. The first-order chi connectivity index (χ1) is 9.54. The molecule has 1 fully saturated rings. The molecule has 1 aromatic heterocycles. The summed E-state index contributed by atoms with van der Waals surface area (Å²) in [6.07, 6.45) is 4.10. The van der Waals surface area contributed by atoms with Crippen molar-refractivity contribution < 1.29 is 8.42 Å². The lowest BCUT2D eigenvalue weighted by Gasteiger charge is -2.38. The zero-order chi connectivity index (χ0) is 14.6. The summed E-state index contributed by atoms with van der Waals surface area (Å²) in [5.41, 5.74) is 6.58. The van der Waals surface area contributed by atoms with Crippen molar-refractivity contribution in [1.29, 1.82) is 0 Å². The summed E-state index contributed by atoms with van der Waals surface area (Å²) in [7, 11) is -3.26. The lowest BCUT2D eigenvalue weighted by atomic mass is 9.93. The molecule has 2 N–H and O–H groups in total. The molecule has 112 valence electrons. The van der Waals surface area contributed by atoms with E-state index in [9.17, 15) is 8.42 Å². The summed E-state index contributed by atoms with van der Waals surface area (Å²) in [6, 6.07) is 5.50. The van der Waals surface area contributed by atoms with Gasteiger partial charge in [-0.2, -0.15) is 4.31 Å². The average molecular weight is 297 g/mol. The first kappa shape index (κ1) is 15.4. The maximum Gasteiger partial charge on any atom is 0.214 e. The molecule has 1 aliphatic rings. The van der Waals surface area contributed by atoms with Gasteiger partial charge in [0.2, 0.25) is 10.0 Å². The Labute approximate surface area is 121 Å². The predicted molar refractivity (Wildman–Crippen MR) is 79.7 cm³/mol. The number of piperidine rings is 1.